The highest BCUT2D eigenvalue weighted by Crippen LogP contribution is 2.26. The number of halogens is 2. The van der Waals surface area contributed by atoms with Crippen molar-refractivity contribution >= 4 is 6.29 Å². The summed E-state index contributed by atoms with van der Waals surface area (Å²) >= 11 is 0. The molecule has 2 N–H and O–H groups in total. The predicted molar refractivity (Wildman–Crippen MR) is 47.2 cm³/mol. The summed E-state index contributed by atoms with van der Waals surface area (Å²) < 4.78 is 25.2. The number of alkyl halides is 2. The summed E-state index contributed by atoms with van der Waals surface area (Å²) in [6.07, 6.45) is -0.883. The summed E-state index contributed by atoms with van der Waals surface area (Å²) in [5.74, 6) is 0. The topological polar surface area (TPSA) is 56.0 Å². The van der Waals surface area contributed by atoms with Crippen molar-refractivity contribution in [1.82, 2.24) is 4.98 Å². The summed E-state index contributed by atoms with van der Waals surface area (Å²) in [4.78, 5) is 14.2. The van der Waals surface area contributed by atoms with Crippen LogP contribution in [0.4, 0.5) is 8.78 Å². The van der Waals surface area contributed by atoms with E-state index in [1.165, 1.54) is 13.1 Å². The van der Waals surface area contributed by atoms with Crippen molar-refractivity contribution in [2.45, 2.75) is 19.9 Å². The Bertz CT molecular complexity index is 353. The molecule has 0 aliphatic rings. The largest absolute Gasteiger partial charge is 0.325 e. The number of pyridine rings is 1. The van der Waals surface area contributed by atoms with Crippen LogP contribution in [0.15, 0.2) is 6.20 Å². The van der Waals surface area contributed by atoms with E-state index in [4.69, 9.17) is 5.73 Å². The monoisotopic (exact) mass is 200 g/mol. The van der Waals surface area contributed by atoms with Gasteiger partial charge in [0.1, 0.15) is 0 Å². The van der Waals surface area contributed by atoms with Gasteiger partial charge in [0.25, 0.3) is 6.43 Å². The minimum atomic E-state index is -2.65. The Morgan fingerprint density at radius 1 is 1.64 bits per heavy atom. The van der Waals surface area contributed by atoms with Crippen LogP contribution in [0, 0.1) is 6.92 Å². The zero-order valence-electron chi connectivity index (χ0n) is 7.63. The van der Waals surface area contributed by atoms with Gasteiger partial charge in [0.15, 0.2) is 6.29 Å². The molecule has 0 bridgehead atoms. The molecule has 3 nitrogen and oxygen atoms in total. The molecular formula is C9H10F2N2O. The molecule has 1 aromatic rings. The third-order valence-electron chi connectivity index (χ3n) is 2.05. The van der Waals surface area contributed by atoms with E-state index < -0.39 is 6.43 Å². The molecule has 76 valence electrons. The molecule has 1 rings (SSSR count). The third-order valence-corrected chi connectivity index (χ3v) is 2.05. The molecule has 0 fully saturated rings. The number of carbonyl (C=O) groups is 1. The summed E-state index contributed by atoms with van der Waals surface area (Å²) in [6, 6.07) is 0. The van der Waals surface area contributed by atoms with Crippen molar-refractivity contribution in [2.24, 2.45) is 5.73 Å². The van der Waals surface area contributed by atoms with Crippen LogP contribution in [-0.2, 0) is 6.54 Å². The van der Waals surface area contributed by atoms with Gasteiger partial charge in [-0.05, 0) is 12.5 Å². The fourth-order valence-corrected chi connectivity index (χ4v) is 1.26. The number of carbonyl (C=O) groups excluding carboxylic acids is 1. The van der Waals surface area contributed by atoms with Crippen LogP contribution in [0.25, 0.3) is 0 Å². The highest BCUT2D eigenvalue weighted by molar-refractivity contribution is 5.77. The maximum Gasteiger partial charge on any atom is 0.265 e. The standard InChI is InChI=1S/C9H10F2N2O/c1-5-6(4-14)3-13-7(2-12)8(5)9(10)11/h3-4,9H,2,12H2,1H3. The van der Waals surface area contributed by atoms with Crippen LogP contribution in [0.3, 0.4) is 0 Å². The minimum Gasteiger partial charge on any atom is -0.325 e. The van der Waals surface area contributed by atoms with Gasteiger partial charge >= 0.3 is 0 Å². The maximum absolute atomic E-state index is 12.6. The number of aromatic nitrogens is 1. The average Bonchev–Trinajstić information content (AvgIpc) is 2.16. The second-order valence-electron chi connectivity index (χ2n) is 2.82. The molecule has 0 saturated heterocycles. The first-order valence-electron chi connectivity index (χ1n) is 4.03. The Kier molecular flexibility index (Phi) is 3.24. The van der Waals surface area contributed by atoms with Gasteiger partial charge in [-0.2, -0.15) is 0 Å². The van der Waals surface area contributed by atoms with Gasteiger partial charge in [0, 0.05) is 23.9 Å². The summed E-state index contributed by atoms with van der Waals surface area (Å²) in [6.45, 7) is 1.41. The van der Waals surface area contributed by atoms with Gasteiger partial charge in [-0.1, -0.05) is 0 Å². The molecular weight excluding hydrogens is 190 g/mol. The molecule has 5 heteroatoms. The van der Waals surface area contributed by atoms with Gasteiger partial charge in [-0.25, -0.2) is 8.78 Å². The lowest BCUT2D eigenvalue weighted by Gasteiger charge is -2.10. The second kappa shape index (κ2) is 4.23. The molecule has 0 aliphatic carbocycles. The average molecular weight is 200 g/mol. The van der Waals surface area contributed by atoms with Crippen molar-refractivity contribution in [1.29, 1.82) is 0 Å². The quantitative estimate of drug-likeness (QED) is 0.754. The smallest absolute Gasteiger partial charge is 0.265 e. The number of nitrogens with zero attached hydrogens (tertiary/aromatic N) is 1. The normalized spacial score (nSPS) is 10.6. The number of hydrogen-bond donors (Lipinski definition) is 1. The van der Waals surface area contributed by atoms with Crippen molar-refractivity contribution in [2.75, 3.05) is 0 Å². The van der Waals surface area contributed by atoms with Crippen LogP contribution in [0.5, 0.6) is 0 Å². The van der Waals surface area contributed by atoms with E-state index in [2.05, 4.69) is 4.98 Å². The molecule has 0 amide bonds. The summed E-state index contributed by atoms with van der Waals surface area (Å²) in [7, 11) is 0. The van der Waals surface area contributed by atoms with Gasteiger partial charge in [0.05, 0.1) is 5.69 Å². The fourth-order valence-electron chi connectivity index (χ4n) is 1.26. The SMILES string of the molecule is Cc1c(C=O)cnc(CN)c1C(F)F. The molecule has 0 saturated carbocycles. The van der Waals surface area contributed by atoms with E-state index in [0.29, 0.717) is 6.29 Å². The van der Waals surface area contributed by atoms with Crippen LogP contribution >= 0.6 is 0 Å². The first-order chi connectivity index (χ1) is 6.61. The summed E-state index contributed by atoms with van der Waals surface area (Å²) in [5, 5.41) is 0. The number of aldehydes is 1. The molecule has 0 aromatic carbocycles. The van der Waals surface area contributed by atoms with Crippen LogP contribution < -0.4 is 5.73 Å². The van der Waals surface area contributed by atoms with E-state index in [-0.39, 0.29) is 28.9 Å². The van der Waals surface area contributed by atoms with Crippen molar-refractivity contribution in [3.63, 3.8) is 0 Å². The number of rotatable bonds is 3. The van der Waals surface area contributed by atoms with Crippen molar-refractivity contribution in [3.8, 4) is 0 Å². The van der Waals surface area contributed by atoms with Gasteiger partial charge in [0.2, 0.25) is 0 Å². The fraction of sp³-hybridized carbons (Fsp3) is 0.333. The molecule has 0 spiro atoms. The van der Waals surface area contributed by atoms with E-state index in [1.54, 1.807) is 0 Å². The molecule has 0 radical (unpaired) electrons. The molecule has 0 atom stereocenters. The third kappa shape index (κ3) is 1.77. The second-order valence-corrected chi connectivity index (χ2v) is 2.82. The predicted octanol–water partition coefficient (Wildman–Crippen LogP) is 1.60. The lowest BCUT2D eigenvalue weighted by Crippen LogP contribution is -2.08. The van der Waals surface area contributed by atoms with E-state index >= 15 is 0 Å². The van der Waals surface area contributed by atoms with Gasteiger partial charge < -0.3 is 5.73 Å². The lowest BCUT2D eigenvalue weighted by atomic mass is 10.0. The van der Waals surface area contributed by atoms with E-state index in [1.807, 2.05) is 0 Å². The zero-order chi connectivity index (χ0) is 10.7. The molecule has 14 heavy (non-hydrogen) atoms. The Morgan fingerprint density at radius 3 is 2.71 bits per heavy atom. The molecule has 1 aromatic heterocycles. The first-order valence-corrected chi connectivity index (χ1v) is 4.03. The van der Waals surface area contributed by atoms with Gasteiger partial charge in [-0.15, -0.1) is 0 Å². The highest BCUT2D eigenvalue weighted by Gasteiger charge is 2.18. The van der Waals surface area contributed by atoms with Crippen LogP contribution in [-0.4, -0.2) is 11.3 Å². The Labute approximate surface area is 79.9 Å². The molecule has 1 heterocycles. The molecule has 0 unspecified atom stereocenters. The van der Waals surface area contributed by atoms with Crippen molar-refractivity contribution in [3.05, 3.63) is 28.6 Å². The molecule has 0 aliphatic heterocycles. The number of nitrogens with two attached hydrogens (primary N) is 1. The zero-order valence-corrected chi connectivity index (χ0v) is 7.63. The van der Waals surface area contributed by atoms with Crippen molar-refractivity contribution < 1.29 is 13.6 Å². The highest BCUT2D eigenvalue weighted by atomic mass is 19.3. The summed E-state index contributed by atoms with van der Waals surface area (Å²) in [5.41, 5.74) is 5.61. The Hall–Kier alpha value is -1.36. The van der Waals surface area contributed by atoms with E-state index in [0.717, 1.165) is 0 Å². The van der Waals surface area contributed by atoms with E-state index in [9.17, 15) is 13.6 Å². The Morgan fingerprint density at radius 2 is 2.29 bits per heavy atom. The lowest BCUT2D eigenvalue weighted by molar-refractivity contribution is 0.112. The van der Waals surface area contributed by atoms with Crippen LogP contribution in [0.1, 0.15) is 33.6 Å². The van der Waals surface area contributed by atoms with Crippen LogP contribution in [0.2, 0.25) is 0 Å². The number of hydrogen-bond acceptors (Lipinski definition) is 3. The van der Waals surface area contributed by atoms with Gasteiger partial charge in [-0.3, -0.25) is 9.78 Å². The maximum atomic E-state index is 12.6. The first kappa shape index (κ1) is 10.7. The Balaban J connectivity index is 3.38. The minimum absolute atomic E-state index is 0.0559.